The Balaban J connectivity index is 1.52. The van der Waals surface area contributed by atoms with Crippen molar-refractivity contribution in [2.75, 3.05) is 6.54 Å². The maximum absolute atomic E-state index is 13.2. The van der Waals surface area contributed by atoms with Gasteiger partial charge in [-0.15, -0.1) is 0 Å². The van der Waals surface area contributed by atoms with Gasteiger partial charge in [0.15, 0.2) is 0 Å². The molecule has 0 spiro atoms. The van der Waals surface area contributed by atoms with Crippen LogP contribution in [0.1, 0.15) is 34.7 Å². The summed E-state index contributed by atoms with van der Waals surface area (Å²) in [6.45, 7) is 1.03. The highest BCUT2D eigenvalue weighted by atomic mass is 35.5. The van der Waals surface area contributed by atoms with Crippen LogP contribution in [0.3, 0.4) is 0 Å². The normalized spacial score (nSPS) is 11.8. The van der Waals surface area contributed by atoms with Crippen LogP contribution in [0.25, 0.3) is 10.9 Å². The number of nitro benzene ring substituents is 1. The fourth-order valence-electron chi connectivity index (χ4n) is 4.89. The van der Waals surface area contributed by atoms with Crippen LogP contribution in [0.5, 0.6) is 0 Å². The third-order valence-corrected chi connectivity index (χ3v) is 7.12. The van der Waals surface area contributed by atoms with Crippen LogP contribution in [0.15, 0.2) is 103 Å². The van der Waals surface area contributed by atoms with E-state index >= 15 is 0 Å². The molecule has 1 atom stereocenters. The molecule has 0 aliphatic rings. The number of aromatic nitrogens is 2. The first kappa shape index (κ1) is 26.1. The summed E-state index contributed by atoms with van der Waals surface area (Å²) < 4.78 is 2.08. The van der Waals surface area contributed by atoms with Gasteiger partial charge in [0.05, 0.1) is 4.92 Å². The van der Waals surface area contributed by atoms with Crippen molar-refractivity contribution in [2.24, 2.45) is 0 Å². The Morgan fingerprint density at radius 3 is 2.49 bits per heavy atom. The molecule has 0 unspecified atom stereocenters. The molecule has 1 N–H and O–H groups in total. The van der Waals surface area contributed by atoms with E-state index in [1.807, 2.05) is 72.9 Å². The largest absolute Gasteiger partial charge is 0.356 e. The molecular formula is C31H27ClN4O3. The summed E-state index contributed by atoms with van der Waals surface area (Å²) in [4.78, 5) is 28.8. The van der Waals surface area contributed by atoms with Gasteiger partial charge in [0.2, 0.25) is 5.91 Å². The Morgan fingerprint density at radius 1 is 0.974 bits per heavy atom. The Morgan fingerprint density at radius 2 is 1.74 bits per heavy atom. The zero-order chi connectivity index (χ0) is 27.2. The molecule has 1 amide bonds. The second-order valence-electron chi connectivity index (χ2n) is 9.36. The fourth-order valence-corrected chi connectivity index (χ4v) is 5.16. The summed E-state index contributed by atoms with van der Waals surface area (Å²) in [5.74, 6) is -0.541. The third-order valence-electron chi connectivity index (χ3n) is 6.78. The number of carbonyl (C=O) groups excluding carboxylic acids is 1. The van der Waals surface area contributed by atoms with Gasteiger partial charge in [0.1, 0.15) is 0 Å². The number of pyridine rings is 1. The van der Waals surface area contributed by atoms with Crippen LogP contribution in [0.4, 0.5) is 5.69 Å². The Labute approximate surface area is 231 Å². The molecule has 7 nitrogen and oxygen atoms in total. The van der Waals surface area contributed by atoms with E-state index in [0.29, 0.717) is 24.5 Å². The smallest absolute Gasteiger partial charge is 0.270 e. The first-order valence-electron chi connectivity index (χ1n) is 12.7. The lowest BCUT2D eigenvalue weighted by Gasteiger charge is -2.18. The first-order chi connectivity index (χ1) is 19.0. The van der Waals surface area contributed by atoms with Crippen LogP contribution in [0, 0.1) is 10.1 Å². The molecule has 0 radical (unpaired) electrons. The Hall–Kier alpha value is -4.49. The summed E-state index contributed by atoms with van der Waals surface area (Å²) in [6, 6.07) is 28.0. The van der Waals surface area contributed by atoms with Gasteiger partial charge in [0, 0.05) is 78.0 Å². The minimum absolute atomic E-state index is 0.000989. The van der Waals surface area contributed by atoms with E-state index < -0.39 is 10.8 Å². The van der Waals surface area contributed by atoms with Crippen molar-refractivity contribution in [1.29, 1.82) is 0 Å². The zero-order valence-corrected chi connectivity index (χ0v) is 21.9. The predicted octanol–water partition coefficient (Wildman–Crippen LogP) is 6.53. The number of non-ortho nitro benzene ring substituents is 1. The maximum atomic E-state index is 13.2. The molecule has 0 saturated heterocycles. The molecule has 5 rings (SSSR count). The van der Waals surface area contributed by atoms with Gasteiger partial charge in [-0.25, -0.2) is 0 Å². The number of amides is 1. The van der Waals surface area contributed by atoms with E-state index in [9.17, 15) is 14.9 Å². The number of carbonyl (C=O) groups is 1. The maximum Gasteiger partial charge on any atom is 0.270 e. The number of halogens is 1. The molecule has 8 heteroatoms. The van der Waals surface area contributed by atoms with Crippen molar-refractivity contribution in [3.63, 3.8) is 0 Å². The molecule has 2 heterocycles. The number of hydrogen-bond donors (Lipinski definition) is 1. The number of fused-ring (bicyclic) bond motifs is 1. The first-order valence-corrected chi connectivity index (χ1v) is 13.1. The van der Waals surface area contributed by atoms with E-state index in [0.717, 1.165) is 33.3 Å². The molecular weight excluding hydrogens is 512 g/mol. The van der Waals surface area contributed by atoms with E-state index in [1.165, 1.54) is 6.07 Å². The fraction of sp³-hybridized carbons (Fsp3) is 0.161. The molecule has 39 heavy (non-hydrogen) atoms. The molecule has 196 valence electrons. The predicted molar refractivity (Wildman–Crippen MR) is 153 cm³/mol. The highest BCUT2D eigenvalue weighted by molar-refractivity contribution is 6.31. The molecule has 0 bridgehead atoms. The second-order valence-corrected chi connectivity index (χ2v) is 9.76. The monoisotopic (exact) mass is 538 g/mol. The summed E-state index contributed by atoms with van der Waals surface area (Å²) in [6.07, 6.45) is 4.48. The average molecular weight is 539 g/mol. The number of nitrogens with zero attached hydrogens (tertiary/aromatic N) is 3. The van der Waals surface area contributed by atoms with Crippen molar-refractivity contribution >= 4 is 34.1 Å². The minimum atomic E-state index is -0.407. The number of hydrogen-bond acceptors (Lipinski definition) is 4. The second kappa shape index (κ2) is 11.9. The van der Waals surface area contributed by atoms with E-state index in [2.05, 4.69) is 14.9 Å². The lowest BCUT2D eigenvalue weighted by molar-refractivity contribution is -0.384. The van der Waals surface area contributed by atoms with Gasteiger partial charge in [-0.05, 0) is 41.0 Å². The summed E-state index contributed by atoms with van der Waals surface area (Å²) >= 11 is 6.65. The third kappa shape index (κ3) is 6.16. The van der Waals surface area contributed by atoms with E-state index in [4.69, 9.17) is 11.6 Å². The lowest BCUT2D eigenvalue weighted by Crippen LogP contribution is -2.27. The van der Waals surface area contributed by atoms with E-state index in [1.54, 1.807) is 24.4 Å². The molecule has 0 fully saturated rings. The lowest BCUT2D eigenvalue weighted by atomic mass is 9.87. The Bertz CT molecular complexity index is 1600. The van der Waals surface area contributed by atoms with Crippen LogP contribution in [-0.2, 0) is 17.8 Å². The number of nitrogens with one attached hydrogen (secondary N) is 1. The van der Waals surface area contributed by atoms with Crippen molar-refractivity contribution in [3.05, 3.63) is 141 Å². The van der Waals surface area contributed by atoms with Crippen molar-refractivity contribution in [3.8, 4) is 0 Å². The number of benzene rings is 3. The summed E-state index contributed by atoms with van der Waals surface area (Å²) in [7, 11) is 0. The van der Waals surface area contributed by atoms with Gasteiger partial charge >= 0.3 is 0 Å². The van der Waals surface area contributed by atoms with Crippen molar-refractivity contribution in [2.45, 2.75) is 25.3 Å². The zero-order valence-electron chi connectivity index (χ0n) is 21.2. The average Bonchev–Trinajstić information content (AvgIpc) is 3.30. The number of rotatable bonds is 10. The highest BCUT2D eigenvalue weighted by Gasteiger charge is 2.25. The van der Waals surface area contributed by atoms with Crippen LogP contribution in [0.2, 0.25) is 5.02 Å². The number of nitro groups is 1. The highest BCUT2D eigenvalue weighted by Crippen LogP contribution is 2.39. The topological polar surface area (TPSA) is 90.1 Å². The molecule has 5 aromatic rings. The van der Waals surface area contributed by atoms with Crippen LogP contribution in [-0.4, -0.2) is 26.9 Å². The van der Waals surface area contributed by atoms with Crippen LogP contribution >= 0.6 is 11.6 Å². The SMILES string of the molecule is O=C(C[C@H](c1ccccc1Cl)c1cn(Cc2ccccc2)c2ccc([N+](=O)[O-])cc12)NCCc1ccccn1. The quantitative estimate of drug-likeness (QED) is 0.162. The van der Waals surface area contributed by atoms with Gasteiger partial charge in [-0.1, -0.05) is 66.2 Å². The van der Waals surface area contributed by atoms with Crippen molar-refractivity contribution in [1.82, 2.24) is 14.9 Å². The molecule has 0 aliphatic heterocycles. The molecule has 2 aromatic heterocycles. The van der Waals surface area contributed by atoms with Gasteiger partial charge in [-0.3, -0.25) is 19.9 Å². The molecule has 0 saturated carbocycles. The standard InChI is InChI=1S/C31H27ClN4O3/c32-29-12-5-4-11-25(29)26(19-31(37)34-17-15-23-10-6-7-16-33-23)28-21-35(20-22-8-2-1-3-9-22)30-14-13-24(36(38)39)18-27(28)30/h1-14,16,18,21,26H,15,17,19-20H2,(H,34,37)/t26-/m1/s1. The summed E-state index contributed by atoms with van der Waals surface area (Å²) in [5.41, 5.74) is 4.46. The van der Waals surface area contributed by atoms with Gasteiger partial charge < -0.3 is 9.88 Å². The summed E-state index contributed by atoms with van der Waals surface area (Å²) in [5, 5.41) is 15.9. The minimum Gasteiger partial charge on any atom is -0.356 e. The molecule has 3 aromatic carbocycles. The van der Waals surface area contributed by atoms with Crippen molar-refractivity contribution < 1.29 is 9.72 Å². The van der Waals surface area contributed by atoms with Gasteiger partial charge in [0.25, 0.3) is 5.69 Å². The van der Waals surface area contributed by atoms with Crippen LogP contribution < -0.4 is 5.32 Å². The van der Waals surface area contributed by atoms with Gasteiger partial charge in [-0.2, -0.15) is 0 Å². The Kier molecular flexibility index (Phi) is 7.99. The molecule has 0 aliphatic carbocycles. The van der Waals surface area contributed by atoms with E-state index in [-0.39, 0.29) is 18.0 Å².